The highest BCUT2D eigenvalue weighted by molar-refractivity contribution is 7.98. The predicted molar refractivity (Wildman–Crippen MR) is 117 cm³/mol. The van der Waals surface area contributed by atoms with Crippen molar-refractivity contribution in [1.29, 1.82) is 0 Å². The highest BCUT2D eigenvalue weighted by atomic mass is 32.2. The maximum absolute atomic E-state index is 12.7. The number of anilines is 2. The highest BCUT2D eigenvalue weighted by Crippen LogP contribution is 2.30. The molecule has 3 aromatic rings. The molecule has 0 bridgehead atoms. The van der Waals surface area contributed by atoms with Crippen molar-refractivity contribution >= 4 is 23.3 Å². The summed E-state index contributed by atoms with van der Waals surface area (Å²) in [4.78, 5) is 12.7. The molecule has 0 spiro atoms. The van der Waals surface area contributed by atoms with Gasteiger partial charge in [-0.3, -0.25) is 9.36 Å². The van der Waals surface area contributed by atoms with Crippen molar-refractivity contribution in [2.75, 3.05) is 26.1 Å². The fourth-order valence-corrected chi connectivity index (χ4v) is 3.56. The lowest BCUT2D eigenvalue weighted by Crippen LogP contribution is -2.24. The molecule has 158 valence electrons. The lowest BCUT2D eigenvalue weighted by molar-refractivity contribution is 0.340. The van der Waals surface area contributed by atoms with Crippen LogP contribution < -0.4 is 25.1 Å². The Morgan fingerprint density at radius 1 is 1.03 bits per heavy atom. The molecule has 0 fully saturated rings. The Balaban J connectivity index is 1.71. The molecule has 30 heavy (non-hydrogen) atoms. The van der Waals surface area contributed by atoms with Crippen LogP contribution in [0.4, 0.5) is 11.5 Å². The van der Waals surface area contributed by atoms with Gasteiger partial charge >= 0.3 is 0 Å². The Hall–Kier alpha value is -3.20. The van der Waals surface area contributed by atoms with Crippen molar-refractivity contribution < 1.29 is 14.2 Å². The minimum absolute atomic E-state index is 0.164. The largest absolute Gasteiger partial charge is 0.494 e. The topological polar surface area (TPSA) is 87.5 Å². The summed E-state index contributed by atoms with van der Waals surface area (Å²) < 4.78 is 17.5. The average molecular weight is 429 g/mol. The maximum atomic E-state index is 12.7. The number of hydrogen-bond donors (Lipinski definition) is 1. The standard InChI is InChI=1S/C21H24N4O4S/c1-5-29-16-9-7-15(8-10-16)22-19-20(26)25(2)21(24-23-19)30-13-14-6-11-17(27-3)18(12-14)28-4/h6-12H,5,13H2,1-4H3,(H,22,23). The Morgan fingerprint density at radius 2 is 1.77 bits per heavy atom. The first-order valence-electron chi connectivity index (χ1n) is 9.33. The van der Waals surface area contributed by atoms with Crippen LogP contribution >= 0.6 is 11.8 Å². The van der Waals surface area contributed by atoms with Crippen LogP contribution in [0.2, 0.25) is 0 Å². The van der Waals surface area contributed by atoms with Crippen molar-refractivity contribution in [2.45, 2.75) is 17.8 Å². The summed E-state index contributed by atoms with van der Waals surface area (Å²) in [7, 11) is 4.87. The highest BCUT2D eigenvalue weighted by Gasteiger charge is 2.12. The Labute approximate surface area is 179 Å². The number of benzene rings is 2. The van der Waals surface area contributed by atoms with Crippen molar-refractivity contribution in [3.05, 3.63) is 58.4 Å². The summed E-state index contributed by atoms with van der Waals surface area (Å²) in [6.45, 7) is 2.53. The van der Waals surface area contributed by atoms with Gasteiger partial charge in [0.15, 0.2) is 16.7 Å². The zero-order chi connectivity index (χ0) is 21.5. The van der Waals surface area contributed by atoms with Gasteiger partial charge in [0.2, 0.25) is 5.82 Å². The van der Waals surface area contributed by atoms with E-state index in [0.29, 0.717) is 29.0 Å². The van der Waals surface area contributed by atoms with E-state index in [1.165, 1.54) is 16.3 Å². The van der Waals surface area contributed by atoms with E-state index >= 15 is 0 Å². The molecule has 1 N–H and O–H groups in total. The van der Waals surface area contributed by atoms with Crippen molar-refractivity contribution in [1.82, 2.24) is 14.8 Å². The minimum atomic E-state index is -0.256. The molecule has 0 unspecified atom stereocenters. The normalized spacial score (nSPS) is 10.5. The fraction of sp³-hybridized carbons (Fsp3) is 0.286. The van der Waals surface area contributed by atoms with Crippen LogP contribution in [0.25, 0.3) is 0 Å². The van der Waals surface area contributed by atoms with E-state index in [4.69, 9.17) is 14.2 Å². The summed E-state index contributed by atoms with van der Waals surface area (Å²) in [6.07, 6.45) is 0. The predicted octanol–water partition coefficient (Wildman–Crippen LogP) is 3.63. The number of nitrogens with one attached hydrogen (secondary N) is 1. The number of methoxy groups -OCH3 is 2. The van der Waals surface area contributed by atoms with E-state index in [2.05, 4.69) is 15.5 Å². The monoisotopic (exact) mass is 428 g/mol. The van der Waals surface area contributed by atoms with E-state index in [9.17, 15) is 4.79 Å². The second-order valence-electron chi connectivity index (χ2n) is 6.26. The summed E-state index contributed by atoms with van der Waals surface area (Å²) >= 11 is 1.42. The van der Waals surface area contributed by atoms with E-state index < -0.39 is 0 Å². The van der Waals surface area contributed by atoms with Crippen LogP contribution in [0.5, 0.6) is 17.2 Å². The molecule has 9 heteroatoms. The molecule has 3 rings (SSSR count). The van der Waals surface area contributed by atoms with Gasteiger partial charge in [0.1, 0.15) is 5.75 Å². The molecular weight excluding hydrogens is 404 g/mol. The Morgan fingerprint density at radius 3 is 2.43 bits per heavy atom. The van der Waals surface area contributed by atoms with Gasteiger partial charge in [-0.25, -0.2) is 0 Å². The third-order valence-electron chi connectivity index (χ3n) is 4.27. The van der Waals surface area contributed by atoms with E-state index in [-0.39, 0.29) is 11.4 Å². The second-order valence-corrected chi connectivity index (χ2v) is 7.20. The van der Waals surface area contributed by atoms with E-state index in [1.54, 1.807) is 21.3 Å². The molecule has 0 saturated heterocycles. The molecule has 8 nitrogen and oxygen atoms in total. The van der Waals surface area contributed by atoms with Crippen molar-refractivity contribution in [3.63, 3.8) is 0 Å². The number of ether oxygens (including phenoxy) is 3. The van der Waals surface area contributed by atoms with Crippen LogP contribution in [-0.4, -0.2) is 35.6 Å². The summed E-state index contributed by atoms with van der Waals surface area (Å²) in [5.74, 6) is 2.86. The SMILES string of the molecule is CCOc1ccc(Nc2nnc(SCc3ccc(OC)c(OC)c3)n(C)c2=O)cc1. The molecule has 1 aromatic heterocycles. The van der Waals surface area contributed by atoms with Crippen LogP contribution in [0.3, 0.4) is 0 Å². The molecule has 2 aromatic carbocycles. The molecular formula is C21H24N4O4S. The average Bonchev–Trinajstić information content (AvgIpc) is 2.77. The number of nitrogens with zero attached hydrogens (tertiary/aromatic N) is 3. The first-order valence-corrected chi connectivity index (χ1v) is 10.3. The smallest absolute Gasteiger partial charge is 0.297 e. The summed E-state index contributed by atoms with van der Waals surface area (Å²) in [6, 6.07) is 13.0. The fourth-order valence-electron chi connectivity index (χ4n) is 2.71. The van der Waals surface area contributed by atoms with Gasteiger partial charge in [-0.05, 0) is 48.9 Å². The molecule has 0 radical (unpaired) electrons. The third kappa shape index (κ3) is 5.04. The Kier molecular flexibility index (Phi) is 7.18. The first-order chi connectivity index (χ1) is 14.5. The van der Waals surface area contributed by atoms with Crippen molar-refractivity contribution in [3.8, 4) is 17.2 Å². The summed E-state index contributed by atoms with van der Waals surface area (Å²) in [5.41, 5.74) is 1.49. The van der Waals surface area contributed by atoms with E-state index in [0.717, 1.165) is 17.0 Å². The van der Waals surface area contributed by atoms with Gasteiger partial charge in [-0.1, -0.05) is 17.8 Å². The first kappa shape index (κ1) is 21.5. The number of thioether (sulfide) groups is 1. The molecule has 0 amide bonds. The van der Waals surface area contributed by atoms with Crippen LogP contribution in [-0.2, 0) is 12.8 Å². The third-order valence-corrected chi connectivity index (χ3v) is 5.37. The quantitative estimate of drug-likeness (QED) is 0.517. The van der Waals surface area contributed by atoms with Gasteiger partial charge in [-0.2, -0.15) is 0 Å². The summed E-state index contributed by atoms with van der Waals surface area (Å²) in [5, 5.41) is 11.8. The zero-order valence-corrected chi connectivity index (χ0v) is 18.2. The van der Waals surface area contributed by atoms with Gasteiger partial charge in [-0.15, -0.1) is 10.2 Å². The zero-order valence-electron chi connectivity index (χ0n) is 17.3. The molecule has 1 heterocycles. The Bertz CT molecular complexity index is 1050. The van der Waals surface area contributed by atoms with Gasteiger partial charge in [0, 0.05) is 18.5 Å². The number of rotatable bonds is 9. The molecule has 0 aliphatic heterocycles. The number of aromatic nitrogens is 3. The van der Waals surface area contributed by atoms with Gasteiger partial charge in [0.05, 0.1) is 20.8 Å². The minimum Gasteiger partial charge on any atom is -0.494 e. The van der Waals surface area contributed by atoms with Crippen LogP contribution in [0, 0.1) is 0 Å². The molecule has 0 aliphatic carbocycles. The lowest BCUT2D eigenvalue weighted by atomic mass is 10.2. The molecule has 0 atom stereocenters. The van der Waals surface area contributed by atoms with Crippen LogP contribution in [0.1, 0.15) is 12.5 Å². The van der Waals surface area contributed by atoms with Gasteiger partial charge in [0.25, 0.3) is 5.56 Å². The van der Waals surface area contributed by atoms with Crippen molar-refractivity contribution in [2.24, 2.45) is 7.05 Å². The number of hydrogen-bond acceptors (Lipinski definition) is 8. The van der Waals surface area contributed by atoms with Gasteiger partial charge < -0.3 is 19.5 Å². The second kappa shape index (κ2) is 10.0. The molecule has 0 aliphatic rings. The lowest BCUT2D eigenvalue weighted by Gasteiger charge is -2.11. The maximum Gasteiger partial charge on any atom is 0.297 e. The molecule has 0 saturated carbocycles. The van der Waals surface area contributed by atoms with Crippen LogP contribution in [0.15, 0.2) is 52.4 Å². The van der Waals surface area contributed by atoms with E-state index in [1.807, 2.05) is 49.4 Å².